The Bertz CT molecular complexity index is 1360. The first-order valence-corrected chi connectivity index (χ1v) is 11.1. The van der Waals surface area contributed by atoms with Crippen molar-refractivity contribution in [2.75, 3.05) is 0 Å². The molecule has 0 amide bonds. The van der Waals surface area contributed by atoms with Gasteiger partial charge in [0.15, 0.2) is 0 Å². The maximum atomic E-state index is 6.33. The van der Waals surface area contributed by atoms with Crippen molar-refractivity contribution in [3.63, 3.8) is 0 Å². The fraction of sp³-hybridized carbons (Fsp3) is 0.115. The van der Waals surface area contributed by atoms with Crippen molar-refractivity contribution >= 4 is 45.0 Å². The second-order valence-corrected chi connectivity index (χ2v) is 8.44. The predicted octanol–water partition coefficient (Wildman–Crippen LogP) is 6.89. The fourth-order valence-corrected chi connectivity index (χ4v) is 4.29. The van der Waals surface area contributed by atoms with Crippen LogP contribution in [-0.4, -0.2) is 9.97 Å². The number of benzene rings is 4. The van der Waals surface area contributed by atoms with Crippen LogP contribution in [0.25, 0.3) is 21.8 Å². The highest BCUT2D eigenvalue weighted by atomic mass is 35.5. The van der Waals surface area contributed by atoms with Crippen LogP contribution in [0.4, 0.5) is 0 Å². The summed E-state index contributed by atoms with van der Waals surface area (Å²) in [6, 6.07) is 25.9. The number of para-hydroxylation sites is 2. The lowest BCUT2D eigenvalue weighted by atomic mass is 10.0. The molecule has 0 spiro atoms. The van der Waals surface area contributed by atoms with Crippen LogP contribution in [0.5, 0.6) is 5.75 Å². The first-order chi connectivity index (χ1) is 15.7. The Balaban J connectivity index is 1.37. The molecule has 0 saturated carbocycles. The predicted molar refractivity (Wildman–Crippen MR) is 131 cm³/mol. The van der Waals surface area contributed by atoms with Gasteiger partial charge < -0.3 is 15.0 Å². The highest BCUT2D eigenvalue weighted by Gasteiger charge is 2.11. The van der Waals surface area contributed by atoms with E-state index in [0.717, 1.165) is 39.1 Å². The normalized spacial score (nSPS) is 11.3. The van der Waals surface area contributed by atoms with Gasteiger partial charge in [-0.3, -0.25) is 0 Å². The number of ether oxygens (including phenoxy) is 1. The molecule has 1 heterocycles. The van der Waals surface area contributed by atoms with Gasteiger partial charge in [-0.1, -0.05) is 71.7 Å². The Hall–Kier alpha value is -3.05. The number of hydrogen-bond acceptors (Lipinski definition) is 3. The van der Waals surface area contributed by atoms with Crippen molar-refractivity contribution < 1.29 is 4.74 Å². The Labute approximate surface area is 196 Å². The van der Waals surface area contributed by atoms with Crippen molar-refractivity contribution in [3.05, 3.63) is 106 Å². The Morgan fingerprint density at radius 1 is 0.875 bits per heavy atom. The van der Waals surface area contributed by atoms with Gasteiger partial charge in [-0.05, 0) is 41.1 Å². The van der Waals surface area contributed by atoms with Crippen LogP contribution in [0.1, 0.15) is 17.0 Å². The number of rotatable bonds is 7. The summed E-state index contributed by atoms with van der Waals surface area (Å²) < 4.78 is 6.21. The third kappa shape index (κ3) is 4.44. The number of nitrogens with zero attached hydrogens (tertiary/aromatic N) is 1. The number of imidazole rings is 1. The molecule has 32 heavy (non-hydrogen) atoms. The molecular weight excluding hydrogens is 441 g/mol. The summed E-state index contributed by atoms with van der Waals surface area (Å²) in [5.74, 6) is 1.73. The molecule has 0 unspecified atom stereocenters. The lowest BCUT2D eigenvalue weighted by molar-refractivity contribution is 0.303. The maximum Gasteiger partial charge on any atom is 0.124 e. The summed E-state index contributed by atoms with van der Waals surface area (Å²) in [6.07, 6.45) is 0. The van der Waals surface area contributed by atoms with Gasteiger partial charge in [-0.15, -0.1) is 0 Å². The number of nitrogens with one attached hydrogen (secondary N) is 2. The zero-order valence-corrected chi connectivity index (χ0v) is 18.8. The summed E-state index contributed by atoms with van der Waals surface area (Å²) in [4.78, 5) is 8.01. The van der Waals surface area contributed by atoms with Crippen LogP contribution < -0.4 is 10.1 Å². The molecule has 0 atom stereocenters. The Morgan fingerprint density at radius 3 is 2.59 bits per heavy atom. The van der Waals surface area contributed by atoms with Crippen LogP contribution in [0.15, 0.2) is 78.9 Å². The average Bonchev–Trinajstić information content (AvgIpc) is 3.22. The largest absolute Gasteiger partial charge is 0.488 e. The number of hydrogen-bond donors (Lipinski definition) is 2. The second-order valence-electron chi connectivity index (χ2n) is 7.59. The molecule has 1 aromatic heterocycles. The fourth-order valence-electron chi connectivity index (χ4n) is 3.82. The molecule has 4 aromatic carbocycles. The molecule has 4 nitrogen and oxygen atoms in total. The van der Waals surface area contributed by atoms with Crippen molar-refractivity contribution in [3.8, 4) is 5.75 Å². The van der Waals surface area contributed by atoms with E-state index < -0.39 is 0 Å². The molecule has 0 aliphatic rings. The number of aromatic amines is 1. The molecule has 0 aliphatic heterocycles. The summed E-state index contributed by atoms with van der Waals surface area (Å²) in [7, 11) is 0. The van der Waals surface area contributed by atoms with Crippen LogP contribution in [0.2, 0.25) is 10.0 Å². The summed E-state index contributed by atoms with van der Waals surface area (Å²) in [5.41, 5.74) is 4.01. The summed E-state index contributed by atoms with van der Waals surface area (Å²) in [6.45, 7) is 1.63. The van der Waals surface area contributed by atoms with Gasteiger partial charge in [0.05, 0.1) is 17.6 Å². The Kier molecular flexibility index (Phi) is 5.99. The van der Waals surface area contributed by atoms with Crippen molar-refractivity contribution in [1.29, 1.82) is 0 Å². The highest BCUT2D eigenvalue weighted by Crippen LogP contribution is 2.30. The first-order valence-electron chi connectivity index (χ1n) is 10.4. The quantitative estimate of drug-likeness (QED) is 0.277. The van der Waals surface area contributed by atoms with Crippen LogP contribution in [0.3, 0.4) is 0 Å². The SMILES string of the molecule is Clc1ccc(COc2ccc3ccccc3c2CNCc2nc3ccccc3[nH]2)c(Cl)c1. The molecule has 160 valence electrons. The van der Waals surface area contributed by atoms with E-state index in [4.69, 9.17) is 27.9 Å². The molecule has 2 N–H and O–H groups in total. The van der Waals surface area contributed by atoms with Crippen molar-refractivity contribution in [2.45, 2.75) is 19.7 Å². The number of H-pyrrole nitrogens is 1. The van der Waals surface area contributed by atoms with Crippen LogP contribution >= 0.6 is 23.2 Å². The third-order valence-corrected chi connectivity index (χ3v) is 6.02. The summed E-state index contributed by atoms with van der Waals surface area (Å²) in [5, 5.41) is 7.05. The lowest BCUT2D eigenvalue weighted by Gasteiger charge is -2.15. The lowest BCUT2D eigenvalue weighted by Crippen LogP contribution is -2.15. The second kappa shape index (κ2) is 9.21. The molecule has 0 saturated heterocycles. The molecule has 0 aliphatic carbocycles. The minimum absolute atomic E-state index is 0.366. The Morgan fingerprint density at radius 2 is 1.72 bits per heavy atom. The zero-order chi connectivity index (χ0) is 21.9. The zero-order valence-electron chi connectivity index (χ0n) is 17.2. The molecule has 5 rings (SSSR count). The molecule has 0 bridgehead atoms. The van der Waals surface area contributed by atoms with E-state index in [-0.39, 0.29) is 0 Å². The molecule has 5 aromatic rings. The van der Waals surface area contributed by atoms with Gasteiger partial charge in [-0.2, -0.15) is 0 Å². The number of fused-ring (bicyclic) bond motifs is 2. The van der Waals surface area contributed by atoms with Crippen molar-refractivity contribution in [2.24, 2.45) is 0 Å². The monoisotopic (exact) mass is 461 g/mol. The van der Waals surface area contributed by atoms with Gasteiger partial charge >= 0.3 is 0 Å². The van der Waals surface area contributed by atoms with E-state index >= 15 is 0 Å². The van der Waals surface area contributed by atoms with Gasteiger partial charge in [0.25, 0.3) is 0 Å². The van der Waals surface area contributed by atoms with Gasteiger partial charge in [0, 0.05) is 27.7 Å². The average molecular weight is 462 g/mol. The molecule has 0 radical (unpaired) electrons. The summed E-state index contributed by atoms with van der Waals surface area (Å²) >= 11 is 12.3. The minimum Gasteiger partial charge on any atom is -0.488 e. The van der Waals surface area contributed by atoms with Crippen molar-refractivity contribution in [1.82, 2.24) is 15.3 Å². The number of aromatic nitrogens is 2. The van der Waals surface area contributed by atoms with Gasteiger partial charge in [-0.25, -0.2) is 4.98 Å². The molecular formula is C26H21Cl2N3O. The van der Waals surface area contributed by atoms with E-state index in [1.54, 1.807) is 6.07 Å². The number of halogens is 2. The standard InChI is InChI=1S/C26H21Cl2N3O/c27-19-11-9-18(22(28)13-19)16-32-25-12-10-17-5-1-2-6-20(17)21(25)14-29-15-26-30-23-7-3-4-8-24(23)31-26/h1-13,29H,14-16H2,(H,30,31). The van der Waals surface area contributed by atoms with E-state index in [1.165, 1.54) is 5.39 Å². The van der Waals surface area contributed by atoms with E-state index in [9.17, 15) is 0 Å². The maximum absolute atomic E-state index is 6.33. The first kappa shape index (κ1) is 20.8. The van der Waals surface area contributed by atoms with E-state index in [1.807, 2.05) is 54.6 Å². The minimum atomic E-state index is 0.366. The molecule has 0 fully saturated rings. The smallest absolute Gasteiger partial charge is 0.124 e. The topological polar surface area (TPSA) is 49.9 Å². The van der Waals surface area contributed by atoms with E-state index in [0.29, 0.717) is 29.7 Å². The van der Waals surface area contributed by atoms with Crippen LogP contribution in [0, 0.1) is 0 Å². The highest BCUT2D eigenvalue weighted by molar-refractivity contribution is 6.35. The van der Waals surface area contributed by atoms with Gasteiger partial charge in [0.2, 0.25) is 0 Å². The van der Waals surface area contributed by atoms with E-state index in [2.05, 4.69) is 33.5 Å². The molecule has 6 heteroatoms. The van der Waals surface area contributed by atoms with Crippen LogP contribution in [-0.2, 0) is 19.7 Å². The van der Waals surface area contributed by atoms with Gasteiger partial charge in [0.1, 0.15) is 18.2 Å². The third-order valence-electron chi connectivity index (χ3n) is 5.43.